The van der Waals surface area contributed by atoms with Crippen molar-refractivity contribution < 1.29 is 9.53 Å². The highest BCUT2D eigenvalue weighted by molar-refractivity contribution is 5.78. The number of carbonyl (C=O) groups is 1. The Labute approximate surface area is 191 Å². The molecule has 1 aromatic carbocycles. The number of amides is 1. The second-order valence-electron chi connectivity index (χ2n) is 9.05. The molecule has 32 heavy (non-hydrogen) atoms. The fraction of sp³-hybridized carbons (Fsp3) is 0.560. The number of hydrogen-bond acceptors (Lipinski definition) is 5. The molecule has 1 aliphatic rings. The Hall–Kier alpha value is -2.69. The number of ether oxygens (including phenoxy) is 1. The molecule has 172 valence electrons. The van der Waals surface area contributed by atoms with Crippen molar-refractivity contribution in [3.8, 4) is 11.8 Å². The van der Waals surface area contributed by atoms with Crippen LogP contribution in [0.25, 0.3) is 0 Å². The molecule has 1 aliphatic heterocycles. The van der Waals surface area contributed by atoms with E-state index in [0.29, 0.717) is 18.8 Å². The van der Waals surface area contributed by atoms with Crippen LogP contribution in [0.1, 0.15) is 50.4 Å². The SMILES string of the molecule is C[C@H](C[C@@H]1CC[C@H]([C@@H](C)C(=O)N(C)Cc2ccccc2)O1)n1cc(C#CCN(C)C)nn1. The van der Waals surface area contributed by atoms with Gasteiger partial charge < -0.3 is 9.64 Å². The van der Waals surface area contributed by atoms with Gasteiger partial charge in [-0.3, -0.25) is 9.69 Å². The van der Waals surface area contributed by atoms with Crippen LogP contribution >= 0.6 is 0 Å². The minimum absolute atomic E-state index is 0.0406. The van der Waals surface area contributed by atoms with Crippen LogP contribution in [0.5, 0.6) is 0 Å². The molecule has 2 heterocycles. The van der Waals surface area contributed by atoms with Gasteiger partial charge in [-0.25, -0.2) is 4.68 Å². The second-order valence-corrected chi connectivity index (χ2v) is 9.05. The normalized spacial score (nSPS) is 19.9. The fourth-order valence-electron chi connectivity index (χ4n) is 4.04. The highest BCUT2D eigenvalue weighted by atomic mass is 16.5. The molecule has 0 N–H and O–H groups in total. The van der Waals surface area contributed by atoms with E-state index < -0.39 is 0 Å². The average molecular weight is 438 g/mol. The van der Waals surface area contributed by atoms with Crippen molar-refractivity contribution in [2.24, 2.45) is 5.92 Å². The van der Waals surface area contributed by atoms with Crippen molar-refractivity contribution in [2.45, 2.75) is 57.9 Å². The summed E-state index contributed by atoms with van der Waals surface area (Å²) in [6, 6.07) is 10.2. The Bertz CT molecular complexity index is 931. The minimum atomic E-state index is -0.158. The number of nitrogens with zero attached hydrogens (tertiary/aromatic N) is 5. The predicted molar refractivity (Wildman–Crippen MR) is 125 cm³/mol. The van der Waals surface area contributed by atoms with Gasteiger partial charge in [-0.1, -0.05) is 48.4 Å². The number of aromatic nitrogens is 3. The van der Waals surface area contributed by atoms with Crippen molar-refractivity contribution in [3.05, 3.63) is 47.8 Å². The highest BCUT2D eigenvalue weighted by Crippen LogP contribution is 2.31. The summed E-state index contributed by atoms with van der Waals surface area (Å²) in [5.74, 6) is 6.10. The molecule has 0 bridgehead atoms. The van der Waals surface area contributed by atoms with Gasteiger partial charge in [-0.2, -0.15) is 0 Å². The standard InChI is InChI=1S/C25H35N5O2/c1-19(30-18-22(26-27-30)12-9-15-28(3)4)16-23-13-14-24(32-23)20(2)25(31)29(5)17-21-10-7-6-8-11-21/h6-8,10-11,18-20,23-24H,13-17H2,1-5H3/t19-,20-,23+,24-/m1/s1. The fourth-order valence-corrected chi connectivity index (χ4v) is 4.04. The van der Waals surface area contributed by atoms with Crippen LogP contribution in [0.3, 0.4) is 0 Å². The van der Waals surface area contributed by atoms with E-state index in [2.05, 4.69) is 29.1 Å². The predicted octanol–water partition coefficient (Wildman–Crippen LogP) is 2.98. The van der Waals surface area contributed by atoms with Gasteiger partial charge in [0.2, 0.25) is 5.91 Å². The Balaban J connectivity index is 1.48. The van der Waals surface area contributed by atoms with Crippen LogP contribution in [0, 0.1) is 17.8 Å². The highest BCUT2D eigenvalue weighted by Gasteiger charge is 2.35. The zero-order chi connectivity index (χ0) is 23.1. The van der Waals surface area contributed by atoms with Crippen molar-refractivity contribution in [3.63, 3.8) is 0 Å². The van der Waals surface area contributed by atoms with E-state index in [1.165, 1.54) is 0 Å². The van der Waals surface area contributed by atoms with Gasteiger partial charge in [-0.05, 0) is 51.8 Å². The van der Waals surface area contributed by atoms with Crippen LogP contribution in [0.2, 0.25) is 0 Å². The average Bonchev–Trinajstić information content (AvgIpc) is 3.43. The molecule has 1 aromatic heterocycles. The smallest absolute Gasteiger partial charge is 0.228 e. The van der Waals surface area contributed by atoms with Crippen molar-refractivity contribution in [1.82, 2.24) is 24.8 Å². The summed E-state index contributed by atoms with van der Waals surface area (Å²) in [5, 5.41) is 8.39. The molecule has 0 unspecified atom stereocenters. The van der Waals surface area contributed by atoms with Crippen LogP contribution in [-0.4, -0.2) is 70.6 Å². The largest absolute Gasteiger partial charge is 0.374 e. The van der Waals surface area contributed by atoms with Gasteiger partial charge in [0, 0.05) is 13.6 Å². The molecule has 2 aromatic rings. The van der Waals surface area contributed by atoms with Crippen molar-refractivity contribution in [1.29, 1.82) is 0 Å². The summed E-state index contributed by atoms with van der Waals surface area (Å²) in [4.78, 5) is 16.7. The Morgan fingerprint density at radius 2 is 1.97 bits per heavy atom. The van der Waals surface area contributed by atoms with Crippen molar-refractivity contribution in [2.75, 3.05) is 27.7 Å². The third-order valence-corrected chi connectivity index (χ3v) is 5.90. The lowest BCUT2D eigenvalue weighted by molar-refractivity contribution is -0.139. The molecule has 1 saturated heterocycles. The van der Waals surface area contributed by atoms with Gasteiger partial charge in [0.1, 0.15) is 0 Å². The van der Waals surface area contributed by atoms with E-state index in [1.807, 2.05) is 74.2 Å². The van der Waals surface area contributed by atoms with E-state index >= 15 is 0 Å². The maximum atomic E-state index is 12.9. The van der Waals surface area contributed by atoms with Crippen LogP contribution in [0.15, 0.2) is 36.5 Å². The van der Waals surface area contributed by atoms with E-state index in [1.54, 1.807) is 4.90 Å². The lowest BCUT2D eigenvalue weighted by Gasteiger charge is -2.26. The Morgan fingerprint density at radius 1 is 1.22 bits per heavy atom. The van der Waals surface area contributed by atoms with Gasteiger partial charge in [0.05, 0.1) is 36.9 Å². The van der Waals surface area contributed by atoms with E-state index in [4.69, 9.17) is 4.74 Å². The molecule has 0 saturated carbocycles. The molecule has 7 nitrogen and oxygen atoms in total. The molecule has 0 spiro atoms. The van der Waals surface area contributed by atoms with E-state index in [9.17, 15) is 4.79 Å². The third-order valence-electron chi connectivity index (χ3n) is 5.90. The summed E-state index contributed by atoms with van der Waals surface area (Å²) < 4.78 is 8.15. The summed E-state index contributed by atoms with van der Waals surface area (Å²) in [6.45, 7) is 5.40. The second kappa shape index (κ2) is 11.3. The zero-order valence-electron chi connectivity index (χ0n) is 19.9. The summed E-state index contributed by atoms with van der Waals surface area (Å²) >= 11 is 0. The maximum Gasteiger partial charge on any atom is 0.228 e. The first-order chi connectivity index (χ1) is 15.3. The molecular formula is C25H35N5O2. The van der Waals surface area contributed by atoms with Crippen LogP contribution < -0.4 is 0 Å². The molecule has 7 heteroatoms. The Kier molecular flexibility index (Phi) is 8.43. The first-order valence-electron chi connectivity index (χ1n) is 11.3. The third kappa shape index (κ3) is 6.65. The molecule has 3 rings (SSSR count). The number of hydrogen-bond donors (Lipinski definition) is 0. The van der Waals surface area contributed by atoms with E-state index in [-0.39, 0.29) is 30.1 Å². The number of rotatable bonds is 8. The van der Waals surface area contributed by atoms with Crippen LogP contribution in [-0.2, 0) is 16.1 Å². The van der Waals surface area contributed by atoms with Crippen molar-refractivity contribution >= 4 is 5.91 Å². The molecule has 0 aliphatic carbocycles. The molecule has 1 amide bonds. The molecule has 4 atom stereocenters. The number of benzene rings is 1. The molecular weight excluding hydrogens is 402 g/mol. The summed E-state index contributed by atoms with van der Waals surface area (Å²) in [6.07, 6.45) is 4.68. The quantitative estimate of drug-likeness (QED) is 0.594. The van der Waals surface area contributed by atoms with Gasteiger partial charge in [-0.15, -0.1) is 5.10 Å². The van der Waals surface area contributed by atoms with Crippen LogP contribution in [0.4, 0.5) is 0 Å². The summed E-state index contributed by atoms with van der Waals surface area (Å²) in [5.41, 5.74) is 1.82. The first-order valence-corrected chi connectivity index (χ1v) is 11.3. The van der Waals surface area contributed by atoms with E-state index in [0.717, 1.165) is 24.8 Å². The van der Waals surface area contributed by atoms with Gasteiger partial charge >= 0.3 is 0 Å². The molecule has 0 radical (unpaired) electrons. The maximum absolute atomic E-state index is 12.9. The lowest BCUT2D eigenvalue weighted by Crippen LogP contribution is -2.37. The van der Waals surface area contributed by atoms with Gasteiger partial charge in [0.15, 0.2) is 5.69 Å². The zero-order valence-corrected chi connectivity index (χ0v) is 19.9. The van der Waals surface area contributed by atoms with Gasteiger partial charge in [0.25, 0.3) is 0 Å². The lowest BCUT2D eigenvalue weighted by atomic mass is 9.99. The topological polar surface area (TPSA) is 63.5 Å². The first kappa shape index (κ1) is 24.0. The summed E-state index contributed by atoms with van der Waals surface area (Å²) in [7, 11) is 5.83. The number of carbonyl (C=O) groups excluding carboxylic acids is 1. The molecule has 1 fully saturated rings. The Morgan fingerprint density at radius 3 is 2.69 bits per heavy atom. The monoisotopic (exact) mass is 437 g/mol. The minimum Gasteiger partial charge on any atom is -0.374 e.